The second-order valence-corrected chi connectivity index (χ2v) is 4.87. The van der Waals surface area contributed by atoms with Gasteiger partial charge in [-0.1, -0.05) is 38.1 Å². The number of urea groups is 1. The summed E-state index contributed by atoms with van der Waals surface area (Å²) in [6, 6.07) is 13.8. The van der Waals surface area contributed by atoms with Gasteiger partial charge < -0.3 is 15.7 Å². The zero-order valence-corrected chi connectivity index (χ0v) is 11.6. The van der Waals surface area contributed by atoms with Crippen LogP contribution in [0.4, 0.5) is 16.2 Å². The molecule has 0 radical (unpaired) electrons. The lowest BCUT2D eigenvalue weighted by atomic mass is 10.0. The predicted molar refractivity (Wildman–Crippen MR) is 81.3 cm³/mol. The molecule has 20 heavy (non-hydrogen) atoms. The van der Waals surface area contributed by atoms with E-state index >= 15 is 0 Å². The Kier molecular flexibility index (Phi) is 4.25. The van der Waals surface area contributed by atoms with Crippen molar-refractivity contribution in [1.29, 1.82) is 0 Å². The molecular formula is C16H18N2O2. The Morgan fingerprint density at radius 3 is 2.50 bits per heavy atom. The number of amides is 2. The number of hydrogen-bond donors (Lipinski definition) is 3. The number of carbonyl (C=O) groups excluding carboxylic acids is 1. The molecule has 0 bridgehead atoms. The molecule has 3 N–H and O–H groups in total. The fourth-order valence-electron chi connectivity index (χ4n) is 1.98. The van der Waals surface area contributed by atoms with E-state index in [2.05, 4.69) is 24.5 Å². The minimum atomic E-state index is -0.330. The molecule has 0 fully saturated rings. The van der Waals surface area contributed by atoms with Gasteiger partial charge in [0.25, 0.3) is 0 Å². The highest BCUT2D eigenvalue weighted by atomic mass is 16.3. The number of hydrogen-bond acceptors (Lipinski definition) is 2. The second-order valence-electron chi connectivity index (χ2n) is 4.87. The Balaban J connectivity index is 2.09. The van der Waals surface area contributed by atoms with E-state index in [0.717, 1.165) is 11.3 Å². The van der Waals surface area contributed by atoms with Gasteiger partial charge in [-0.2, -0.15) is 0 Å². The third kappa shape index (κ3) is 3.51. The van der Waals surface area contributed by atoms with Gasteiger partial charge in [0.2, 0.25) is 0 Å². The summed E-state index contributed by atoms with van der Waals surface area (Å²) >= 11 is 0. The number of para-hydroxylation sites is 1. The summed E-state index contributed by atoms with van der Waals surface area (Å²) in [5.41, 5.74) is 2.42. The Hall–Kier alpha value is -2.49. The Labute approximate surface area is 118 Å². The van der Waals surface area contributed by atoms with Crippen molar-refractivity contribution in [3.8, 4) is 5.75 Å². The van der Waals surface area contributed by atoms with E-state index in [1.54, 1.807) is 18.2 Å². The molecule has 2 rings (SSSR count). The Morgan fingerprint density at radius 1 is 1.05 bits per heavy atom. The Morgan fingerprint density at radius 2 is 1.80 bits per heavy atom. The quantitative estimate of drug-likeness (QED) is 0.784. The summed E-state index contributed by atoms with van der Waals surface area (Å²) in [4.78, 5) is 12.0. The van der Waals surface area contributed by atoms with E-state index in [4.69, 9.17) is 0 Å². The first kappa shape index (κ1) is 13.9. The van der Waals surface area contributed by atoms with E-state index in [1.807, 2.05) is 24.3 Å². The minimum absolute atomic E-state index is 0.116. The number of carbonyl (C=O) groups is 1. The van der Waals surface area contributed by atoms with Crippen LogP contribution < -0.4 is 10.6 Å². The van der Waals surface area contributed by atoms with Crippen LogP contribution in [0, 0.1) is 0 Å². The van der Waals surface area contributed by atoms with Crippen molar-refractivity contribution < 1.29 is 9.90 Å². The smallest absolute Gasteiger partial charge is 0.323 e. The van der Waals surface area contributed by atoms with Crippen LogP contribution in [0.15, 0.2) is 48.5 Å². The largest absolute Gasteiger partial charge is 0.508 e. The number of phenols is 1. The highest BCUT2D eigenvalue weighted by molar-refractivity contribution is 6.00. The van der Waals surface area contributed by atoms with Crippen molar-refractivity contribution in [2.75, 3.05) is 10.6 Å². The number of benzene rings is 2. The maximum Gasteiger partial charge on any atom is 0.323 e. The van der Waals surface area contributed by atoms with Crippen LogP contribution >= 0.6 is 0 Å². The van der Waals surface area contributed by atoms with Crippen LogP contribution in [-0.4, -0.2) is 11.1 Å². The monoisotopic (exact) mass is 270 g/mol. The fraction of sp³-hybridized carbons (Fsp3) is 0.188. The molecule has 4 heteroatoms. The number of rotatable bonds is 3. The van der Waals surface area contributed by atoms with Crippen LogP contribution in [0.25, 0.3) is 0 Å². The van der Waals surface area contributed by atoms with Crippen molar-refractivity contribution in [2.24, 2.45) is 0 Å². The number of anilines is 2. The molecule has 104 valence electrons. The molecule has 0 aromatic heterocycles. The van der Waals surface area contributed by atoms with Gasteiger partial charge in [-0.05, 0) is 29.7 Å². The lowest BCUT2D eigenvalue weighted by Crippen LogP contribution is -2.20. The van der Waals surface area contributed by atoms with E-state index in [-0.39, 0.29) is 11.8 Å². The van der Waals surface area contributed by atoms with Gasteiger partial charge in [-0.3, -0.25) is 0 Å². The fourth-order valence-corrected chi connectivity index (χ4v) is 1.98. The van der Waals surface area contributed by atoms with Crippen molar-refractivity contribution >= 4 is 17.4 Å². The molecule has 0 heterocycles. The van der Waals surface area contributed by atoms with E-state index in [1.165, 1.54) is 6.07 Å². The van der Waals surface area contributed by atoms with Crippen LogP contribution in [0.3, 0.4) is 0 Å². The first-order valence-electron chi connectivity index (χ1n) is 6.52. The molecule has 0 spiro atoms. The molecule has 4 nitrogen and oxygen atoms in total. The second kappa shape index (κ2) is 6.10. The van der Waals surface area contributed by atoms with Gasteiger partial charge in [-0.15, -0.1) is 0 Å². The molecule has 0 aliphatic rings. The van der Waals surface area contributed by atoms with E-state index in [0.29, 0.717) is 11.6 Å². The average molecular weight is 270 g/mol. The normalized spacial score (nSPS) is 10.3. The van der Waals surface area contributed by atoms with Crippen molar-refractivity contribution in [2.45, 2.75) is 19.8 Å². The number of phenolic OH excluding ortho intramolecular Hbond substituents is 1. The number of nitrogens with one attached hydrogen (secondary N) is 2. The highest BCUT2D eigenvalue weighted by Gasteiger charge is 2.09. The lowest BCUT2D eigenvalue weighted by molar-refractivity contribution is 0.262. The number of aromatic hydroxyl groups is 1. The minimum Gasteiger partial charge on any atom is -0.508 e. The lowest BCUT2D eigenvalue weighted by Gasteiger charge is -2.14. The van der Waals surface area contributed by atoms with Gasteiger partial charge in [0.1, 0.15) is 5.75 Å². The topological polar surface area (TPSA) is 61.4 Å². The highest BCUT2D eigenvalue weighted by Crippen LogP contribution is 2.24. The zero-order chi connectivity index (χ0) is 14.5. The van der Waals surface area contributed by atoms with Crippen LogP contribution in [-0.2, 0) is 0 Å². The zero-order valence-electron chi connectivity index (χ0n) is 11.6. The van der Waals surface area contributed by atoms with Crippen LogP contribution in [0.2, 0.25) is 0 Å². The molecule has 2 amide bonds. The first-order valence-corrected chi connectivity index (χ1v) is 6.52. The summed E-state index contributed by atoms with van der Waals surface area (Å²) in [6.45, 7) is 4.15. The summed E-state index contributed by atoms with van der Waals surface area (Å²) < 4.78 is 0. The molecular weight excluding hydrogens is 252 g/mol. The van der Waals surface area contributed by atoms with Gasteiger partial charge in [0, 0.05) is 17.4 Å². The maximum absolute atomic E-state index is 12.0. The maximum atomic E-state index is 12.0. The molecule has 0 unspecified atom stereocenters. The van der Waals surface area contributed by atoms with Gasteiger partial charge in [0.15, 0.2) is 0 Å². The summed E-state index contributed by atoms with van der Waals surface area (Å²) in [7, 11) is 0. The first-order chi connectivity index (χ1) is 9.56. The van der Waals surface area contributed by atoms with E-state index < -0.39 is 0 Å². The van der Waals surface area contributed by atoms with Crippen LogP contribution in [0.5, 0.6) is 5.75 Å². The molecule has 0 saturated heterocycles. The average Bonchev–Trinajstić information content (AvgIpc) is 2.38. The third-order valence-electron chi connectivity index (χ3n) is 2.94. The summed E-state index contributed by atoms with van der Waals surface area (Å²) in [6.07, 6.45) is 0. The van der Waals surface area contributed by atoms with Gasteiger partial charge >= 0.3 is 6.03 Å². The summed E-state index contributed by atoms with van der Waals surface area (Å²) in [5, 5.41) is 14.9. The molecule has 2 aromatic carbocycles. The van der Waals surface area contributed by atoms with Gasteiger partial charge in [0.05, 0.1) is 0 Å². The van der Waals surface area contributed by atoms with Crippen molar-refractivity contribution in [3.05, 3.63) is 54.1 Å². The summed E-state index contributed by atoms with van der Waals surface area (Å²) in [5.74, 6) is 0.442. The SMILES string of the molecule is CC(C)c1ccccc1NC(=O)Nc1cccc(O)c1. The third-order valence-corrected chi connectivity index (χ3v) is 2.94. The van der Waals surface area contributed by atoms with Crippen molar-refractivity contribution in [3.63, 3.8) is 0 Å². The van der Waals surface area contributed by atoms with E-state index in [9.17, 15) is 9.90 Å². The molecule has 2 aromatic rings. The Bertz CT molecular complexity index is 609. The molecule has 0 saturated carbocycles. The van der Waals surface area contributed by atoms with Crippen molar-refractivity contribution in [1.82, 2.24) is 0 Å². The van der Waals surface area contributed by atoms with Crippen LogP contribution in [0.1, 0.15) is 25.3 Å². The molecule has 0 aliphatic heterocycles. The predicted octanol–water partition coefficient (Wildman–Crippen LogP) is 4.16. The molecule has 0 atom stereocenters. The molecule has 0 aliphatic carbocycles. The standard InChI is InChI=1S/C16H18N2O2/c1-11(2)14-8-3-4-9-15(14)18-16(20)17-12-6-5-7-13(19)10-12/h3-11,19H,1-2H3,(H2,17,18,20). The van der Waals surface area contributed by atoms with Gasteiger partial charge in [-0.25, -0.2) is 4.79 Å².